The Morgan fingerprint density at radius 3 is 1.05 bits per heavy atom. The molecule has 14 aromatic rings. The molecule has 0 aliphatic carbocycles. The van der Waals surface area contributed by atoms with Crippen LogP contribution < -0.4 is 10.8 Å². The average molecular weight is 1870 g/mol. The molecule has 3 N–H and O–H groups in total. The summed E-state index contributed by atoms with van der Waals surface area (Å²) in [6, 6.07) is 59.0. The van der Waals surface area contributed by atoms with E-state index in [1.165, 1.54) is 53.7 Å². The fraction of sp³-hybridized carbons (Fsp3) is 0.258. The third-order valence-corrected chi connectivity index (χ3v) is 27.5. The number of aromatic nitrogens is 13. The van der Waals surface area contributed by atoms with Gasteiger partial charge in [-0.05, 0) is 223 Å². The number of rotatable bonds is 19. The highest BCUT2D eigenvalue weighted by Crippen LogP contribution is 2.40. The van der Waals surface area contributed by atoms with Crippen LogP contribution in [0.5, 0.6) is 0 Å². The molecule has 0 radical (unpaired) electrons. The first kappa shape index (κ1) is 95.4. The minimum atomic E-state index is -3.29. The van der Waals surface area contributed by atoms with E-state index in [0.717, 1.165) is 134 Å². The Hall–Kier alpha value is -12.2. The second-order valence-corrected chi connectivity index (χ2v) is 43.1. The Morgan fingerprint density at radius 1 is 0.408 bits per heavy atom. The number of hydrogen-bond donors (Lipinski definition) is 3. The summed E-state index contributed by atoms with van der Waals surface area (Å²) in [6.45, 7) is 15.2. The summed E-state index contributed by atoms with van der Waals surface area (Å²) in [5, 5.41) is 36.4. The number of sulfone groups is 4. The number of halogens is 1. The van der Waals surface area contributed by atoms with Crippen molar-refractivity contribution in [2.75, 3.05) is 70.5 Å². The maximum atomic E-state index is 12.7. The third kappa shape index (κ3) is 23.7. The molecule has 0 bridgehead atoms. The molecule has 674 valence electrons. The molecule has 17 rings (SSSR count). The van der Waals surface area contributed by atoms with Crippen molar-refractivity contribution in [2.45, 2.75) is 104 Å². The first-order valence-corrected chi connectivity index (χ1v) is 50.7. The predicted molar refractivity (Wildman–Crippen MR) is 504 cm³/mol. The molecule has 4 aromatic carbocycles. The number of aryl methyl sites for hydroxylation is 3. The van der Waals surface area contributed by atoms with E-state index in [-0.39, 0.29) is 45.3 Å². The predicted octanol–water partition coefficient (Wildman–Crippen LogP) is 13.3. The van der Waals surface area contributed by atoms with Gasteiger partial charge in [0.05, 0.1) is 83.8 Å². The highest BCUT2D eigenvalue weighted by atomic mass is 35.5. The molecule has 1 amide bonds. The summed E-state index contributed by atoms with van der Waals surface area (Å²) in [4.78, 5) is 47.2. The number of pyridine rings is 7. The Morgan fingerprint density at radius 2 is 0.738 bits per heavy atom. The number of sulfonamides is 1. The largest absolute Gasteiger partial charge is 0.488 e. The molecule has 3 aliphatic heterocycles. The Balaban J connectivity index is 0.000000151. The smallest absolute Gasteiger partial charge is 0.444 e. The van der Waals surface area contributed by atoms with Crippen molar-refractivity contribution in [3.05, 3.63) is 261 Å². The quantitative estimate of drug-likeness (QED) is 0.0633. The van der Waals surface area contributed by atoms with Crippen molar-refractivity contribution in [1.29, 1.82) is 0 Å². The van der Waals surface area contributed by atoms with Crippen molar-refractivity contribution in [1.82, 2.24) is 78.8 Å². The third-order valence-electron chi connectivity index (χ3n) is 21.8. The zero-order valence-corrected chi connectivity index (χ0v) is 78.1. The van der Waals surface area contributed by atoms with Crippen LogP contribution in [-0.2, 0) is 54.1 Å². The van der Waals surface area contributed by atoms with Gasteiger partial charge in [-0.25, -0.2) is 46.9 Å². The van der Waals surface area contributed by atoms with Gasteiger partial charge in [0.25, 0.3) is 0 Å². The molecule has 37 heteroatoms. The number of nitrogens with one attached hydrogen (secondary N) is 1. The highest BCUT2D eigenvalue weighted by molar-refractivity contribution is 7.91. The van der Waals surface area contributed by atoms with Crippen molar-refractivity contribution in [3.63, 3.8) is 0 Å². The topological polar surface area (TPSA) is 400 Å². The first-order valence-electron chi connectivity index (χ1n) is 41.3. The van der Waals surface area contributed by atoms with Crippen LogP contribution in [0.25, 0.3) is 113 Å². The van der Waals surface area contributed by atoms with E-state index < -0.39 is 62.1 Å². The summed E-state index contributed by atoms with van der Waals surface area (Å²) >= 11 is 0. The zero-order valence-electron chi connectivity index (χ0n) is 73.2. The standard InChI is InChI=1S/C30H33N5O4S.C26H27N5O4S2.C25H25N5O2S.C12H12BNO4S.ClH/c1-20-7-6-8-26(32-20)28-25(19-35(33-28)23-14-16-34(18-23)29(36)39-30(2,3)4)22-13-15-31-27(17-22)21-9-11-24(12-10-21)40(5,37)38;1-18-5-4-6-24(28-18)26-23(17-31(29-26)21-12-14-30(16-21)37(3,34)35)20-11-13-27-25(15-20)19-7-9-22(10-8-19)36(2,32)33;1-17-4-3-5-23(28-17)25-22(16-30(29-25)20-11-12-26-15-20)19-10-13-27-24(14-19)18-6-8-21(9-7-18)33(2,31)32;1-19(17,18)11-4-2-9(3-5-11)12-8-10(13(15)16)6-7-14-12;/h6-13,15,17,19,23H,14,16,18H2,1-5H3;4-11,13,15,17,21H,12,14,16H2,1-3H3;3-10,13-14,16,20,26H,11-12,15H2,1-2H3;2-8,15-16H,1H3;1H/t23-;21-;20-;;/m111../s1. The van der Waals surface area contributed by atoms with Crippen molar-refractivity contribution in [2.24, 2.45) is 0 Å². The van der Waals surface area contributed by atoms with Crippen molar-refractivity contribution >= 4 is 80.5 Å². The van der Waals surface area contributed by atoms with Crippen LogP contribution >= 0.6 is 12.4 Å². The Bertz CT molecular complexity index is 7080. The Labute approximate surface area is 763 Å². The molecular formula is C93H98BClN16O14S5. The van der Waals surface area contributed by atoms with Crippen molar-refractivity contribution < 1.29 is 61.7 Å². The second kappa shape index (κ2) is 39.6. The van der Waals surface area contributed by atoms with Crippen molar-refractivity contribution in [3.8, 4) is 113 Å². The summed E-state index contributed by atoms with van der Waals surface area (Å²) in [5.74, 6) is 0. The molecule has 30 nitrogen and oxygen atoms in total. The lowest BCUT2D eigenvalue weighted by atomic mass is 9.80. The minimum Gasteiger partial charge on any atom is -0.444 e. The lowest BCUT2D eigenvalue weighted by Crippen LogP contribution is -2.35. The maximum absolute atomic E-state index is 12.7. The van der Waals surface area contributed by atoms with Gasteiger partial charge in [0.1, 0.15) is 22.7 Å². The van der Waals surface area contributed by atoms with Crippen LogP contribution in [0.4, 0.5) is 4.79 Å². The summed E-state index contributed by atoms with van der Waals surface area (Å²) in [7, 11) is -17.9. The molecule has 3 saturated heterocycles. The fourth-order valence-corrected chi connectivity index (χ4v) is 18.4. The fourth-order valence-electron chi connectivity index (χ4n) is 15.0. The number of ether oxygens (including phenoxy) is 1. The van der Waals surface area contributed by atoms with E-state index >= 15 is 0 Å². The van der Waals surface area contributed by atoms with Gasteiger partial charge in [0.2, 0.25) is 10.0 Å². The van der Waals surface area contributed by atoms with E-state index in [1.807, 2.05) is 154 Å². The number of carbonyl (C=O) groups is 1. The molecule has 13 heterocycles. The van der Waals surface area contributed by atoms with Gasteiger partial charge in [0.15, 0.2) is 39.3 Å². The van der Waals surface area contributed by atoms with Gasteiger partial charge in [-0.15, -0.1) is 12.4 Å². The van der Waals surface area contributed by atoms with E-state index in [1.54, 1.807) is 114 Å². The molecule has 3 atom stereocenters. The molecule has 0 spiro atoms. The number of amides is 1. The van der Waals surface area contributed by atoms with Gasteiger partial charge in [-0.2, -0.15) is 19.6 Å². The normalized spacial score (nSPS) is 15.4. The average Bonchev–Trinajstić information content (AvgIpc) is 1.63. The molecule has 0 unspecified atom stereocenters. The van der Waals surface area contributed by atoms with Crippen LogP contribution in [0, 0.1) is 20.8 Å². The van der Waals surface area contributed by atoms with E-state index in [2.05, 4.69) is 41.1 Å². The molecular weight excluding hydrogens is 1770 g/mol. The van der Waals surface area contributed by atoms with E-state index in [9.17, 15) is 46.9 Å². The van der Waals surface area contributed by atoms with Crippen LogP contribution in [0.1, 0.15) is 75.2 Å². The lowest BCUT2D eigenvalue weighted by Gasteiger charge is -2.24. The zero-order chi connectivity index (χ0) is 92.1. The van der Waals surface area contributed by atoms with Crippen LogP contribution in [0.15, 0.2) is 263 Å². The van der Waals surface area contributed by atoms with Gasteiger partial charge in [-0.1, -0.05) is 66.7 Å². The lowest BCUT2D eigenvalue weighted by molar-refractivity contribution is 0.0288. The number of benzene rings is 4. The van der Waals surface area contributed by atoms with Crippen LogP contribution in [0.3, 0.4) is 0 Å². The number of nitrogens with zero attached hydrogens (tertiary/aromatic N) is 15. The second-order valence-electron chi connectivity index (χ2n) is 33.0. The highest BCUT2D eigenvalue weighted by Gasteiger charge is 2.35. The summed E-state index contributed by atoms with van der Waals surface area (Å²) in [6.07, 6.45) is 20.8. The van der Waals surface area contributed by atoms with E-state index in [4.69, 9.17) is 40.0 Å². The molecule has 3 fully saturated rings. The van der Waals surface area contributed by atoms with Gasteiger partial charge < -0.3 is 25.0 Å². The van der Waals surface area contributed by atoms with Gasteiger partial charge in [0, 0.05) is 157 Å². The maximum Gasteiger partial charge on any atom is 0.488 e. The number of hydrogen-bond acceptors (Lipinski definition) is 25. The molecule has 10 aromatic heterocycles. The first-order chi connectivity index (χ1) is 61.1. The number of carbonyl (C=O) groups excluding carboxylic acids is 1. The Kier molecular flexibility index (Phi) is 29.1. The minimum absolute atomic E-state index is 0. The summed E-state index contributed by atoms with van der Waals surface area (Å²) < 4.78 is 131. The van der Waals surface area contributed by atoms with Crippen LogP contribution in [0.2, 0.25) is 0 Å². The van der Waals surface area contributed by atoms with Gasteiger partial charge in [-0.3, -0.25) is 48.9 Å². The SMILES string of the molecule is CS(=O)(=O)c1ccc(-c2cc(B(O)O)ccn2)cc1.Cc1cccc(-c2nn([C@@H]3CCN(C(=O)OC(C)(C)C)C3)cc2-c2ccnc(-c3ccc(S(C)(=O)=O)cc3)c2)n1.Cc1cccc(-c2nn([C@@H]3CCN(S(C)(=O)=O)C3)cc2-c2ccnc(-c3ccc(S(C)(=O)=O)cc3)c2)n1.Cc1cccc(-c2nn([C@@H]3CCNC3)cc2-c2ccnc(-c3ccc(S(C)(=O)=O)cc3)c2)n1.Cl. The van der Waals surface area contributed by atoms with Crippen LogP contribution in [-0.4, -0.2) is 215 Å². The molecule has 0 saturated carbocycles. The monoisotopic (exact) mass is 1870 g/mol. The van der Waals surface area contributed by atoms with Gasteiger partial charge >= 0.3 is 13.2 Å². The number of likely N-dealkylation sites (tertiary alicyclic amines) is 1. The summed E-state index contributed by atoms with van der Waals surface area (Å²) in [5.41, 5.74) is 18.5. The molecule has 3 aliphatic rings. The molecule has 130 heavy (non-hydrogen) atoms. The van der Waals surface area contributed by atoms with E-state index in [0.29, 0.717) is 77.3 Å².